The number of pyridine rings is 1. The number of para-hydroxylation sites is 1. The third kappa shape index (κ3) is 6.54. The number of carbonyl (C=O) groups is 3. The Morgan fingerprint density at radius 2 is 1.82 bits per heavy atom. The minimum Gasteiger partial charge on any atom is -0.492 e. The quantitative estimate of drug-likeness (QED) is 0.252. The van der Waals surface area contributed by atoms with Crippen LogP contribution in [0.5, 0.6) is 5.75 Å². The molecule has 10 heteroatoms. The molecule has 3 amide bonds. The molecule has 0 unspecified atom stereocenters. The van der Waals surface area contributed by atoms with E-state index in [4.69, 9.17) is 4.74 Å². The molecule has 0 fully saturated rings. The van der Waals surface area contributed by atoms with Crippen LogP contribution in [0.1, 0.15) is 16.2 Å². The maximum absolute atomic E-state index is 13.3. The van der Waals surface area contributed by atoms with Gasteiger partial charge in [0, 0.05) is 36.7 Å². The topological polar surface area (TPSA) is 120 Å². The molecule has 1 aliphatic heterocycles. The number of ether oxygens (including phenoxy) is 1. The third-order valence-corrected chi connectivity index (χ3v) is 6.44. The van der Waals surface area contributed by atoms with Gasteiger partial charge in [-0.3, -0.25) is 24.3 Å². The number of carbonyl (C=O) groups excluding carboxylic acids is 3. The van der Waals surface area contributed by atoms with Gasteiger partial charge in [-0.25, -0.2) is 0 Å². The number of rotatable bonds is 11. The zero-order valence-corrected chi connectivity index (χ0v) is 21.9. The fourth-order valence-corrected chi connectivity index (χ4v) is 4.45. The maximum atomic E-state index is 13.3. The van der Waals surface area contributed by atoms with E-state index in [1.165, 1.54) is 4.90 Å². The van der Waals surface area contributed by atoms with E-state index >= 15 is 0 Å². The average Bonchev–Trinajstić information content (AvgIpc) is 3.53. The molecule has 0 radical (unpaired) electrons. The minimum atomic E-state index is -0.306. The summed E-state index contributed by atoms with van der Waals surface area (Å²) in [5.41, 5.74) is 2.97. The van der Waals surface area contributed by atoms with Crippen LogP contribution in [0, 0.1) is 0 Å². The molecule has 0 saturated heterocycles. The molecule has 10 nitrogen and oxygen atoms in total. The predicted octanol–water partition coefficient (Wildman–Crippen LogP) is 3.25. The standard InChI is InChI=1S/C30H30N6O4/c37-28(20-31-16-13-22-7-4-5-14-32-22)36-21-29(38)35(17-18-40-24-8-2-1-3-9-24)26-12-11-23(19-27(26)36)34-30(39)25-10-6-15-33-25/h1-12,14-15,19,31,33H,13,16-18,20-21H2,(H,34,39). The Hall–Kier alpha value is -4.96. The van der Waals surface area contributed by atoms with Crippen molar-refractivity contribution in [3.63, 3.8) is 0 Å². The first kappa shape index (κ1) is 26.6. The Kier molecular flexibility index (Phi) is 8.47. The molecule has 3 heterocycles. The van der Waals surface area contributed by atoms with E-state index in [0.29, 0.717) is 48.0 Å². The van der Waals surface area contributed by atoms with Crippen LogP contribution in [-0.4, -0.2) is 60.5 Å². The molecule has 2 aromatic carbocycles. The highest BCUT2D eigenvalue weighted by molar-refractivity contribution is 6.12. The molecule has 0 aliphatic carbocycles. The lowest BCUT2D eigenvalue weighted by Gasteiger charge is -2.36. The van der Waals surface area contributed by atoms with Crippen molar-refractivity contribution in [3.05, 3.63) is 103 Å². The largest absolute Gasteiger partial charge is 0.492 e. The normalized spacial score (nSPS) is 12.7. The number of nitrogens with one attached hydrogen (secondary N) is 3. The molecule has 2 aromatic heterocycles. The lowest BCUT2D eigenvalue weighted by molar-refractivity contribution is -0.122. The Balaban J connectivity index is 1.31. The predicted molar refractivity (Wildman–Crippen MR) is 153 cm³/mol. The second kappa shape index (κ2) is 12.7. The average molecular weight is 539 g/mol. The fraction of sp³-hybridized carbons (Fsp3) is 0.200. The summed E-state index contributed by atoms with van der Waals surface area (Å²) in [6.45, 7) is 1.08. The van der Waals surface area contributed by atoms with Gasteiger partial charge in [0.05, 0.1) is 24.5 Å². The van der Waals surface area contributed by atoms with Gasteiger partial charge in [-0.2, -0.15) is 0 Å². The van der Waals surface area contributed by atoms with Crippen molar-refractivity contribution < 1.29 is 19.1 Å². The Labute approximate surface area is 232 Å². The molecule has 0 spiro atoms. The number of hydrogen-bond acceptors (Lipinski definition) is 6. The van der Waals surface area contributed by atoms with Crippen LogP contribution in [0.3, 0.4) is 0 Å². The number of benzene rings is 2. The summed E-state index contributed by atoms with van der Waals surface area (Å²) >= 11 is 0. The van der Waals surface area contributed by atoms with E-state index in [1.54, 1.807) is 47.6 Å². The van der Waals surface area contributed by atoms with E-state index in [-0.39, 0.29) is 37.4 Å². The molecule has 40 heavy (non-hydrogen) atoms. The van der Waals surface area contributed by atoms with Gasteiger partial charge >= 0.3 is 0 Å². The van der Waals surface area contributed by atoms with Crippen molar-refractivity contribution >= 4 is 34.8 Å². The van der Waals surface area contributed by atoms with Crippen LogP contribution in [0.4, 0.5) is 17.1 Å². The number of nitrogens with zero attached hydrogens (tertiary/aromatic N) is 3. The summed E-state index contributed by atoms with van der Waals surface area (Å²) in [7, 11) is 0. The summed E-state index contributed by atoms with van der Waals surface area (Å²) in [5, 5.41) is 6.01. The van der Waals surface area contributed by atoms with Crippen LogP contribution in [0.15, 0.2) is 91.3 Å². The van der Waals surface area contributed by atoms with Gasteiger partial charge in [0.15, 0.2) is 0 Å². The smallest absolute Gasteiger partial charge is 0.272 e. The third-order valence-electron chi connectivity index (χ3n) is 6.44. The van der Waals surface area contributed by atoms with Crippen LogP contribution < -0.4 is 25.2 Å². The fourth-order valence-electron chi connectivity index (χ4n) is 4.45. The van der Waals surface area contributed by atoms with Gasteiger partial charge < -0.3 is 25.3 Å². The summed E-state index contributed by atoms with van der Waals surface area (Å²) in [5.74, 6) is -0.0556. The molecular weight excluding hydrogens is 508 g/mol. The van der Waals surface area contributed by atoms with Crippen molar-refractivity contribution in [1.29, 1.82) is 0 Å². The van der Waals surface area contributed by atoms with Gasteiger partial charge in [-0.15, -0.1) is 0 Å². The Bertz CT molecular complexity index is 1440. The first-order valence-corrected chi connectivity index (χ1v) is 13.1. The Morgan fingerprint density at radius 1 is 0.975 bits per heavy atom. The number of aromatic nitrogens is 2. The first-order valence-electron chi connectivity index (χ1n) is 13.1. The van der Waals surface area contributed by atoms with E-state index < -0.39 is 0 Å². The maximum Gasteiger partial charge on any atom is 0.272 e. The lowest BCUT2D eigenvalue weighted by Crippen LogP contribution is -2.51. The van der Waals surface area contributed by atoms with Crippen molar-refractivity contribution in [2.45, 2.75) is 6.42 Å². The van der Waals surface area contributed by atoms with Gasteiger partial charge in [-0.05, 0) is 54.6 Å². The van der Waals surface area contributed by atoms with E-state index in [9.17, 15) is 14.4 Å². The molecule has 1 aliphatic rings. The second-order valence-corrected chi connectivity index (χ2v) is 9.18. The SMILES string of the molecule is O=C(Nc1ccc2c(c1)N(C(=O)CNCCc1ccccn1)CC(=O)N2CCOc1ccccc1)c1ccc[nH]1. The monoisotopic (exact) mass is 538 g/mol. The minimum absolute atomic E-state index is 0.0513. The summed E-state index contributed by atoms with van der Waals surface area (Å²) in [6.07, 6.45) is 4.08. The van der Waals surface area contributed by atoms with E-state index in [0.717, 1.165) is 5.69 Å². The highest BCUT2D eigenvalue weighted by Crippen LogP contribution is 2.36. The summed E-state index contributed by atoms with van der Waals surface area (Å²) in [6, 6.07) is 23.7. The van der Waals surface area contributed by atoms with Gasteiger partial charge in [-0.1, -0.05) is 24.3 Å². The zero-order valence-electron chi connectivity index (χ0n) is 21.9. The molecular formula is C30H30N6O4. The highest BCUT2D eigenvalue weighted by Gasteiger charge is 2.32. The number of fused-ring (bicyclic) bond motifs is 1. The molecule has 0 bridgehead atoms. The van der Waals surface area contributed by atoms with Gasteiger partial charge in [0.1, 0.15) is 24.6 Å². The Morgan fingerprint density at radius 3 is 2.60 bits per heavy atom. The van der Waals surface area contributed by atoms with E-state index in [2.05, 4.69) is 20.6 Å². The number of amides is 3. The second-order valence-electron chi connectivity index (χ2n) is 9.18. The number of aromatic amines is 1. The number of anilines is 3. The lowest BCUT2D eigenvalue weighted by atomic mass is 10.1. The van der Waals surface area contributed by atoms with Crippen LogP contribution in [0.25, 0.3) is 0 Å². The van der Waals surface area contributed by atoms with Crippen molar-refractivity contribution in [2.24, 2.45) is 0 Å². The van der Waals surface area contributed by atoms with E-state index in [1.807, 2.05) is 48.5 Å². The van der Waals surface area contributed by atoms with Crippen LogP contribution in [0.2, 0.25) is 0 Å². The van der Waals surface area contributed by atoms with Gasteiger partial charge in [0.2, 0.25) is 11.8 Å². The van der Waals surface area contributed by atoms with Crippen molar-refractivity contribution in [3.8, 4) is 5.75 Å². The first-order chi connectivity index (χ1) is 19.6. The zero-order chi connectivity index (χ0) is 27.7. The molecule has 4 aromatic rings. The van der Waals surface area contributed by atoms with Crippen LogP contribution in [-0.2, 0) is 16.0 Å². The number of H-pyrrole nitrogens is 1. The summed E-state index contributed by atoms with van der Waals surface area (Å²) < 4.78 is 5.82. The van der Waals surface area contributed by atoms with Crippen molar-refractivity contribution in [2.75, 3.05) is 47.9 Å². The molecule has 3 N–H and O–H groups in total. The number of hydrogen-bond donors (Lipinski definition) is 3. The van der Waals surface area contributed by atoms with Crippen molar-refractivity contribution in [1.82, 2.24) is 15.3 Å². The highest BCUT2D eigenvalue weighted by atomic mass is 16.5. The summed E-state index contributed by atoms with van der Waals surface area (Å²) in [4.78, 5) is 49.4. The molecule has 0 atom stereocenters. The van der Waals surface area contributed by atoms with Gasteiger partial charge in [0.25, 0.3) is 5.91 Å². The van der Waals surface area contributed by atoms with Crippen LogP contribution >= 0.6 is 0 Å². The molecule has 5 rings (SSSR count). The molecule has 204 valence electrons. The molecule has 0 saturated carbocycles.